The highest BCUT2D eigenvalue weighted by Crippen LogP contribution is 2.33. The first-order chi connectivity index (χ1) is 9.56. The summed E-state index contributed by atoms with van der Waals surface area (Å²) in [6.07, 6.45) is 6.35. The molecule has 4 nitrogen and oxygen atoms in total. The van der Waals surface area contributed by atoms with Gasteiger partial charge in [-0.25, -0.2) is 9.78 Å². The van der Waals surface area contributed by atoms with Gasteiger partial charge in [0.25, 0.3) is 0 Å². The number of carbonyl (C=O) groups excluding carboxylic acids is 1. The Kier molecular flexibility index (Phi) is 5.02. The molecular formula is C15H24N2O2S. The van der Waals surface area contributed by atoms with Crippen molar-refractivity contribution >= 4 is 22.4 Å². The molecule has 0 amide bonds. The van der Waals surface area contributed by atoms with Gasteiger partial charge in [-0.05, 0) is 38.5 Å². The first-order valence-corrected chi connectivity index (χ1v) is 8.17. The normalized spacial score (nSPS) is 22.6. The summed E-state index contributed by atoms with van der Waals surface area (Å²) in [5.74, 6) is 0.609. The molecule has 0 saturated heterocycles. The first-order valence-electron chi connectivity index (χ1n) is 7.35. The summed E-state index contributed by atoms with van der Waals surface area (Å²) in [6.45, 7) is 4.15. The van der Waals surface area contributed by atoms with E-state index in [4.69, 9.17) is 4.74 Å². The second-order valence-corrected chi connectivity index (χ2v) is 6.57. The molecule has 1 heterocycles. The van der Waals surface area contributed by atoms with E-state index in [1.165, 1.54) is 50.6 Å². The molecule has 0 bridgehead atoms. The lowest BCUT2D eigenvalue weighted by atomic mass is 9.84. The standard InChI is InChI=1S/C15H24N2O2S/c1-5-11-6-8-12(9-7-11)17(3)15-16-10(2)13(20-15)14(18)19-4/h11-12H,5-9H2,1-4H3. The Morgan fingerprint density at radius 3 is 2.60 bits per heavy atom. The Hall–Kier alpha value is -1.10. The SMILES string of the molecule is CCC1CCC(N(C)c2nc(C)c(C(=O)OC)s2)CC1. The predicted octanol–water partition coefficient (Wildman–Crippen LogP) is 3.64. The van der Waals surface area contributed by atoms with Gasteiger partial charge >= 0.3 is 5.97 Å². The predicted molar refractivity (Wildman–Crippen MR) is 82.6 cm³/mol. The lowest BCUT2D eigenvalue weighted by molar-refractivity contribution is 0.0605. The van der Waals surface area contributed by atoms with Crippen molar-refractivity contribution in [2.45, 2.75) is 52.0 Å². The lowest BCUT2D eigenvalue weighted by Gasteiger charge is -2.34. The number of nitrogens with zero attached hydrogens (tertiary/aromatic N) is 2. The number of rotatable bonds is 4. The lowest BCUT2D eigenvalue weighted by Crippen LogP contribution is -2.35. The minimum absolute atomic E-state index is 0.283. The van der Waals surface area contributed by atoms with E-state index in [-0.39, 0.29) is 5.97 Å². The van der Waals surface area contributed by atoms with Crippen LogP contribution in [-0.2, 0) is 4.74 Å². The highest BCUT2D eigenvalue weighted by molar-refractivity contribution is 7.17. The summed E-state index contributed by atoms with van der Waals surface area (Å²) in [5, 5.41) is 0.933. The van der Waals surface area contributed by atoms with Crippen molar-refractivity contribution in [1.29, 1.82) is 0 Å². The molecule has 0 aromatic carbocycles. The maximum atomic E-state index is 11.7. The minimum Gasteiger partial charge on any atom is -0.465 e. The van der Waals surface area contributed by atoms with E-state index in [0.717, 1.165) is 16.7 Å². The van der Waals surface area contributed by atoms with E-state index in [1.54, 1.807) is 0 Å². The number of carbonyl (C=O) groups is 1. The van der Waals surface area contributed by atoms with Crippen LogP contribution in [0.15, 0.2) is 0 Å². The molecule has 20 heavy (non-hydrogen) atoms. The highest BCUT2D eigenvalue weighted by Gasteiger charge is 2.26. The quantitative estimate of drug-likeness (QED) is 0.796. The van der Waals surface area contributed by atoms with Gasteiger partial charge in [0.2, 0.25) is 0 Å². The molecule has 0 unspecified atom stereocenters. The minimum atomic E-state index is -0.283. The average molecular weight is 296 g/mol. The number of aromatic nitrogens is 1. The molecule has 0 aliphatic heterocycles. The zero-order chi connectivity index (χ0) is 14.7. The van der Waals surface area contributed by atoms with Crippen molar-refractivity contribution in [3.8, 4) is 0 Å². The van der Waals surface area contributed by atoms with Crippen LogP contribution in [0.2, 0.25) is 0 Å². The summed E-state index contributed by atoms with van der Waals surface area (Å²) in [4.78, 5) is 19.1. The van der Waals surface area contributed by atoms with Crippen molar-refractivity contribution in [3.05, 3.63) is 10.6 Å². The molecule has 0 spiro atoms. The molecule has 2 rings (SSSR count). The highest BCUT2D eigenvalue weighted by atomic mass is 32.1. The number of esters is 1. The summed E-state index contributed by atoms with van der Waals surface area (Å²) < 4.78 is 4.80. The van der Waals surface area contributed by atoms with Crippen LogP contribution in [0, 0.1) is 12.8 Å². The second kappa shape index (κ2) is 6.57. The van der Waals surface area contributed by atoms with E-state index in [9.17, 15) is 4.79 Å². The Balaban J connectivity index is 2.06. The largest absolute Gasteiger partial charge is 0.465 e. The van der Waals surface area contributed by atoms with Crippen LogP contribution < -0.4 is 4.90 Å². The number of anilines is 1. The van der Waals surface area contributed by atoms with Crippen molar-refractivity contribution < 1.29 is 9.53 Å². The summed E-state index contributed by atoms with van der Waals surface area (Å²) in [5.41, 5.74) is 0.769. The van der Waals surface area contributed by atoms with Crippen molar-refractivity contribution in [2.24, 2.45) is 5.92 Å². The van der Waals surface area contributed by atoms with Crippen LogP contribution in [0.1, 0.15) is 54.4 Å². The van der Waals surface area contributed by atoms with Crippen molar-refractivity contribution in [2.75, 3.05) is 19.1 Å². The monoisotopic (exact) mass is 296 g/mol. The van der Waals surface area contributed by atoms with E-state index < -0.39 is 0 Å². The zero-order valence-corrected chi connectivity index (χ0v) is 13.6. The molecule has 1 saturated carbocycles. The fourth-order valence-corrected chi connectivity index (χ4v) is 3.93. The third-order valence-electron chi connectivity index (χ3n) is 4.40. The molecular weight excluding hydrogens is 272 g/mol. The third kappa shape index (κ3) is 3.14. The van der Waals surface area contributed by atoms with E-state index in [2.05, 4.69) is 23.9 Å². The Bertz CT molecular complexity index is 464. The molecule has 1 aliphatic carbocycles. The maximum Gasteiger partial charge on any atom is 0.350 e. The van der Waals surface area contributed by atoms with Gasteiger partial charge in [-0.2, -0.15) is 0 Å². The Morgan fingerprint density at radius 1 is 1.40 bits per heavy atom. The van der Waals surface area contributed by atoms with E-state index in [1.807, 2.05) is 6.92 Å². The Labute approximate surface area is 125 Å². The van der Waals surface area contributed by atoms with Gasteiger partial charge < -0.3 is 9.64 Å². The van der Waals surface area contributed by atoms with Crippen LogP contribution >= 0.6 is 11.3 Å². The third-order valence-corrected chi connectivity index (χ3v) is 5.63. The number of hydrogen-bond acceptors (Lipinski definition) is 5. The van der Waals surface area contributed by atoms with Gasteiger partial charge in [0.15, 0.2) is 5.13 Å². The van der Waals surface area contributed by atoms with E-state index >= 15 is 0 Å². The number of thiazole rings is 1. The summed E-state index contributed by atoms with van der Waals surface area (Å²) >= 11 is 1.44. The van der Waals surface area contributed by atoms with Crippen molar-refractivity contribution in [3.63, 3.8) is 0 Å². The first kappa shape index (κ1) is 15.3. The van der Waals surface area contributed by atoms with Gasteiger partial charge in [-0.1, -0.05) is 24.7 Å². The molecule has 1 fully saturated rings. The fourth-order valence-electron chi connectivity index (χ4n) is 2.91. The number of hydrogen-bond donors (Lipinski definition) is 0. The topological polar surface area (TPSA) is 42.4 Å². The Morgan fingerprint density at radius 2 is 2.05 bits per heavy atom. The molecule has 0 atom stereocenters. The summed E-state index contributed by atoms with van der Waals surface area (Å²) in [7, 11) is 3.51. The molecule has 1 aliphatic rings. The van der Waals surface area contributed by atoms with Crippen LogP contribution in [0.25, 0.3) is 0 Å². The average Bonchev–Trinajstić information content (AvgIpc) is 2.87. The van der Waals surface area contributed by atoms with Gasteiger partial charge in [-0.3, -0.25) is 0 Å². The zero-order valence-electron chi connectivity index (χ0n) is 12.8. The number of methoxy groups -OCH3 is 1. The second-order valence-electron chi connectivity index (χ2n) is 5.60. The van der Waals surface area contributed by atoms with Crippen LogP contribution in [-0.4, -0.2) is 31.2 Å². The molecule has 1 aromatic rings. The van der Waals surface area contributed by atoms with Crippen LogP contribution in [0.3, 0.4) is 0 Å². The van der Waals surface area contributed by atoms with Gasteiger partial charge in [0, 0.05) is 13.1 Å². The maximum absolute atomic E-state index is 11.7. The molecule has 0 radical (unpaired) electrons. The molecule has 112 valence electrons. The summed E-state index contributed by atoms with van der Waals surface area (Å²) in [6, 6.07) is 0.550. The smallest absolute Gasteiger partial charge is 0.350 e. The molecule has 5 heteroatoms. The van der Waals surface area contributed by atoms with Crippen molar-refractivity contribution in [1.82, 2.24) is 4.98 Å². The van der Waals surface area contributed by atoms with E-state index in [0.29, 0.717) is 10.9 Å². The van der Waals surface area contributed by atoms with Gasteiger partial charge in [-0.15, -0.1) is 0 Å². The van der Waals surface area contributed by atoms with Crippen LogP contribution in [0.4, 0.5) is 5.13 Å². The molecule has 1 aromatic heterocycles. The number of aryl methyl sites for hydroxylation is 1. The molecule has 0 N–H and O–H groups in total. The fraction of sp³-hybridized carbons (Fsp3) is 0.733. The van der Waals surface area contributed by atoms with Crippen LogP contribution in [0.5, 0.6) is 0 Å². The number of ether oxygens (including phenoxy) is 1. The van der Waals surface area contributed by atoms with Gasteiger partial charge in [0.1, 0.15) is 4.88 Å². The van der Waals surface area contributed by atoms with Gasteiger partial charge in [0.05, 0.1) is 12.8 Å².